The fourth-order valence-electron chi connectivity index (χ4n) is 5.34. The molecule has 0 unspecified atom stereocenters. The molecule has 0 saturated carbocycles. The summed E-state index contributed by atoms with van der Waals surface area (Å²) in [4.78, 5) is 10.2. The Bertz CT molecular complexity index is 1730. The molecule has 7 rings (SSSR count). The molecule has 0 amide bonds. The van der Waals surface area contributed by atoms with Crippen LogP contribution >= 0.6 is 0 Å². The van der Waals surface area contributed by atoms with E-state index < -0.39 is 0 Å². The van der Waals surface area contributed by atoms with Crippen LogP contribution < -0.4 is 0 Å². The van der Waals surface area contributed by atoms with Gasteiger partial charge in [-0.2, -0.15) is 0 Å². The predicted octanol–water partition coefficient (Wildman–Crippen LogP) is 7.96. The van der Waals surface area contributed by atoms with Crippen molar-refractivity contribution in [1.29, 1.82) is 0 Å². The highest BCUT2D eigenvalue weighted by molar-refractivity contribution is 6.31. The third-order valence-corrected chi connectivity index (χ3v) is 7.06. The topological polar surface area (TPSA) is 44.2 Å². The molecule has 184 valence electrons. The molecule has 4 nitrogen and oxygen atoms in total. The SMILES string of the molecule is c1ccc(COCc2cc3ccc4cc(COCc5ccccc5)nc5c6ccccc6c(n2)c3c45)cc1. The maximum atomic E-state index is 6.04. The van der Waals surface area contributed by atoms with Crippen molar-refractivity contribution in [2.75, 3.05) is 0 Å². The van der Waals surface area contributed by atoms with Gasteiger partial charge >= 0.3 is 0 Å². The van der Waals surface area contributed by atoms with Crippen LogP contribution in [0.3, 0.4) is 0 Å². The van der Waals surface area contributed by atoms with Crippen LogP contribution in [0.1, 0.15) is 22.5 Å². The van der Waals surface area contributed by atoms with Crippen molar-refractivity contribution in [1.82, 2.24) is 9.97 Å². The van der Waals surface area contributed by atoms with E-state index in [4.69, 9.17) is 19.4 Å². The van der Waals surface area contributed by atoms with E-state index in [1.807, 2.05) is 36.4 Å². The Morgan fingerprint density at radius 2 is 0.868 bits per heavy atom. The van der Waals surface area contributed by atoms with Crippen LogP contribution in [0.5, 0.6) is 0 Å². The highest BCUT2D eigenvalue weighted by atomic mass is 16.5. The molecule has 0 spiro atoms. The van der Waals surface area contributed by atoms with Crippen molar-refractivity contribution in [2.45, 2.75) is 26.4 Å². The number of benzene rings is 5. The Labute approximate surface area is 220 Å². The summed E-state index contributed by atoms with van der Waals surface area (Å²) in [6, 6.07) is 37.6. The van der Waals surface area contributed by atoms with Gasteiger partial charge in [0.1, 0.15) is 0 Å². The minimum atomic E-state index is 0.459. The smallest absolute Gasteiger partial charge is 0.0892 e. The Kier molecular flexibility index (Phi) is 5.89. The predicted molar refractivity (Wildman–Crippen MR) is 153 cm³/mol. The van der Waals surface area contributed by atoms with Crippen LogP contribution in [0.4, 0.5) is 0 Å². The van der Waals surface area contributed by atoms with Crippen LogP contribution in [0.2, 0.25) is 0 Å². The molecule has 5 aromatic carbocycles. The highest BCUT2D eigenvalue weighted by Crippen LogP contribution is 2.39. The number of hydrogen-bond donors (Lipinski definition) is 0. The summed E-state index contributed by atoms with van der Waals surface area (Å²) < 4.78 is 12.1. The summed E-state index contributed by atoms with van der Waals surface area (Å²) in [5.74, 6) is 0. The van der Waals surface area contributed by atoms with E-state index in [1.54, 1.807) is 0 Å². The lowest BCUT2D eigenvalue weighted by molar-refractivity contribution is 0.105. The lowest BCUT2D eigenvalue weighted by atomic mass is 9.94. The van der Waals surface area contributed by atoms with Crippen molar-refractivity contribution in [3.63, 3.8) is 0 Å². The summed E-state index contributed by atoms with van der Waals surface area (Å²) in [5, 5.41) is 6.85. The summed E-state index contributed by atoms with van der Waals surface area (Å²) in [6.07, 6.45) is 0. The maximum Gasteiger partial charge on any atom is 0.0892 e. The molecular weight excluding hydrogens is 468 g/mol. The molecule has 0 aliphatic heterocycles. The summed E-state index contributed by atoms with van der Waals surface area (Å²) in [5.41, 5.74) is 6.18. The van der Waals surface area contributed by atoms with Crippen molar-refractivity contribution < 1.29 is 9.47 Å². The van der Waals surface area contributed by atoms with Crippen LogP contribution in [-0.2, 0) is 35.9 Å². The normalized spacial score (nSPS) is 11.8. The Morgan fingerprint density at radius 1 is 0.447 bits per heavy atom. The zero-order chi connectivity index (χ0) is 25.3. The summed E-state index contributed by atoms with van der Waals surface area (Å²) >= 11 is 0. The fourth-order valence-corrected chi connectivity index (χ4v) is 5.34. The molecule has 2 heterocycles. The maximum absolute atomic E-state index is 6.04. The minimum absolute atomic E-state index is 0.459. The van der Waals surface area contributed by atoms with E-state index in [-0.39, 0.29) is 0 Å². The molecule has 0 saturated heterocycles. The van der Waals surface area contributed by atoms with Gasteiger partial charge in [-0.3, -0.25) is 0 Å². The molecule has 0 atom stereocenters. The first-order valence-electron chi connectivity index (χ1n) is 12.9. The molecule has 7 aromatic rings. The number of hydrogen-bond acceptors (Lipinski definition) is 4. The van der Waals surface area contributed by atoms with Gasteiger partial charge in [-0.25, -0.2) is 9.97 Å². The molecule has 0 aliphatic rings. The standard InChI is InChI=1S/C34H26N2O2/c1-3-9-23(10-4-1)19-37-21-27-17-25-15-16-26-18-28(22-38-20-24-11-5-2-6-12-24)36-34-30-14-8-7-13-29(30)33(35-27)31(25)32(26)34/h1-18H,19-22H2. The Hall–Kier alpha value is -4.38. The van der Waals surface area contributed by atoms with Crippen LogP contribution in [0, 0.1) is 0 Å². The lowest BCUT2D eigenvalue weighted by Crippen LogP contribution is -2.01. The first-order chi connectivity index (χ1) is 18.8. The number of pyridine rings is 2. The molecular formula is C34H26N2O2. The molecule has 0 bridgehead atoms. The van der Waals surface area contributed by atoms with Gasteiger partial charge in [-0.05, 0) is 34.0 Å². The second-order valence-corrected chi connectivity index (χ2v) is 9.69. The van der Waals surface area contributed by atoms with Crippen molar-refractivity contribution in [3.8, 4) is 0 Å². The van der Waals surface area contributed by atoms with Gasteiger partial charge in [-0.15, -0.1) is 0 Å². The first kappa shape index (κ1) is 22.8. The first-order valence-corrected chi connectivity index (χ1v) is 12.9. The molecule has 2 aromatic heterocycles. The molecule has 4 heteroatoms. The van der Waals surface area contributed by atoms with Gasteiger partial charge in [-0.1, -0.05) is 97.1 Å². The number of fused-ring (bicyclic) bond motifs is 3. The number of rotatable bonds is 8. The van der Waals surface area contributed by atoms with Crippen LogP contribution in [0.25, 0.3) is 43.4 Å². The third kappa shape index (κ3) is 4.24. The van der Waals surface area contributed by atoms with E-state index in [0.717, 1.165) is 65.9 Å². The van der Waals surface area contributed by atoms with E-state index >= 15 is 0 Å². The third-order valence-electron chi connectivity index (χ3n) is 7.06. The second kappa shape index (κ2) is 9.82. The largest absolute Gasteiger partial charge is 0.370 e. The van der Waals surface area contributed by atoms with E-state index in [9.17, 15) is 0 Å². The van der Waals surface area contributed by atoms with Gasteiger partial charge in [0.15, 0.2) is 0 Å². The van der Waals surface area contributed by atoms with Crippen LogP contribution in [0.15, 0.2) is 109 Å². The van der Waals surface area contributed by atoms with Gasteiger partial charge in [0.05, 0.1) is 48.8 Å². The summed E-state index contributed by atoms with van der Waals surface area (Å²) in [6.45, 7) is 2.04. The van der Waals surface area contributed by atoms with Crippen molar-refractivity contribution >= 4 is 43.4 Å². The molecule has 0 radical (unpaired) electrons. The molecule has 0 N–H and O–H groups in total. The van der Waals surface area contributed by atoms with Crippen molar-refractivity contribution in [3.05, 3.63) is 132 Å². The number of ether oxygens (including phenoxy) is 2. The average molecular weight is 495 g/mol. The highest BCUT2D eigenvalue weighted by Gasteiger charge is 2.17. The zero-order valence-corrected chi connectivity index (χ0v) is 20.9. The molecule has 0 fully saturated rings. The van der Waals surface area contributed by atoms with E-state index in [1.165, 1.54) is 0 Å². The van der Waals surface area contributed by atoms with Crippen LogP contribution in [-0.4, -0.2) is 9.97 Å². The van der Waals surface area contributed by atoms with Gasteiger partial charge < -0.3 is 9.47 Å². The van der Waals surface area contributed by atoms with Gasteiger partial charge in [0.2, 0.25) is 0 Å². The Balaban J connectivity index is 1.28. The Morgan fingerprint density at radius 3 is 1.32 bits per heavy atom. The number of aromatic nitrogens is 2. The number of nitrogens with zero attached hydrogens (tertiary/aromatic N) is 2. The van der Waals surface area contributed by atoms with Gasteiger partial charge in [0.25, 0.3) is 0 Å². The average Bonchev–Trinajstić information content (AvgIpc) is 2.97. The fraction of sp³-hybridized carbons (Fsp3) is 0.118. The zero-order valence-electron chi connectivity index (χ0n) is 20.9. The van der Waals surface area contributed by atoms with E-state index in [2.05, 4.69) is 72.8 Å². The molecule has 38 heavy (non-hydrogen) atoms. The lowest BCUT2D eigenvalue weighted by Gasteiger charge is -2.16. The summed E-state index contributed by atoms with van der Waals surface area (Å²) in [7, 11) is 0. The minimum Gasteiger partial charge on any atom is -0.370 e. The molecule has 0 aliphatic carbocycles. The second-order valence-electron chi connectivity index (χ2n) is 9.69. The van der Waals surface area contributed by atoms with Crippen molar-refractivity contribution in [2.24, 2.45) is 0 Å². The monoisotopic (exact) mass is 494 g/mol. The van der Waals surface area contributed by atoms with Gasteiger partial charge in [0, 0.05) is 21.5 Å². The quantitative estimate of drug-likeness (QED) is 0.159. The van der Waals surface area contributed by atoms with E-state index in [0.29, 0.717) is 26.4 Å².